The summed E-state index contributed by atoms with van der Waals surface area (Å²) < 4.78 is 10.5. The van der Waals surface area contributed by atoms with E-state index in [0.29, 0.717) is 35.8 Å². The van der Waals surface area contributed by atoms with Gasteiger partial charge in [-0.05, 0) is 55.3 Å². The van der Waals surface area contributed by atoms with E-state index in [9.17, 15) is 9.59 Å². The summed E-state index contributed by atoms with van der Waals surface area (Å²) in [6.07, 6.45) is 0.888. The summed E-state index contributed by atoms with van der Waals surface area (Å²) in [5.41, 5.74) is 4.19. The zero-order valence-corrected chi connectivity index (χ0v) is 19.7. The van der Waals surface area contributed by atoms with Crippen LogP contribution in [0.4, 0.5) is 16.2 Å². The topological polar surface area (TPSA) is 71.1 Å². The number of nitrogens with one attached hydrogen (secondary N) is 1. The molecule has 0 radical (unpaired) electrons. The molecule has 1 aliphatic heterocycles. The fourth-order valence-corrected chi connectivity index (χ4v) is 3.99. The lowest BCUT2D eigenvalue weighted by molar-refractivity contribution is 0.102. The maximum Gasteiger partial charge on any atom is 0.324 e. The molecule has 7 heteroatoms. The van der Waals surface area contributed by atoms with Crippen LogP contribution in [-0.2, 0) is 6.54 Å². The third-order valence-corrected chi connectivity index (χ3v) is 5.89. The maximum absolute atomic E-state index is 13.1. The van der Waals surface area contributed by atoms with Gasteiger partial charge in [0, 0.05) is 42.6 Å². The fraction of sp³-hybridized carbons (Fsp3) is 0.259. The number of hydrogen-bond donors (Lipinski definition) is 1. The van der Waals surface area contributed by atoms with Crippen molar-refractivity contribution in [2.24, 2.45) is 0 Å². The molecule has 4 rings (SSSR count). The molecule has 1 N–H and O–H groups in total. The van der Waals surface area contributed by atoms with Crippen molar-refractivity contribution in [1.29, 1.82) is 0 Å². The molecule has 0 saturated carbocycles. The van der Waals surface area contributed by atoms with Gasteiger partial charge in [0.15, 0.2) is 11.5 Å². The average Bonchev–Trinajstić information content (AvgIpc) is 2.86. The van der Waals surface area contributed by atoms with E-state index in [0.717, 1.165) is 24.2 Å². The minimum absolute atomic E-state index is 0.0191. The Labute approximate surface area is 199 Å². The molecule has 1 saturated heterocycles. The van der Waals surface area contributed by atoms with Crippen LogP contribution in [-0.4, -0.2) is 44.1 Å². The third kappa shape index (κ3) is 5.14. The summed E-state index contributed by atoms with van der Waals surface area (Å²) in [4.78, 5) is 29.5. The van der Waals surface area contributed by atoms with E-state index >= 15 is 0 Å². The van der Waals surface area contributed by atoms with Gasteiger partial charge >= 0.3 is 6.03 Å². The van der Waals surface area contributed by atoms with Gasteiger partial charge in [-0.2, -0.15) is 0 Å². The Morgan fingerprint density at radius 2 is 1.62 bits per heavy atom. The lowest BCUT2D eigenvalue weighted by Crippen LogP contribution is -2.49. The van der Waals surface area contributed by atoms with Crippen LogP contribution >= 0.6 is 0 Å². The van der Waals surface area contributed by atoms with Crippen molar-refractivity contribution in [3.8, 4) is 11.5 Å². The maximum atomic E-state index is 13.1. The van der Waals surface area contributed by atoms with Crippen molar-refractivity contribution in [3.05, 3.63) is 83.4 Å². The van der Waals surface area contributed by atoms with Crippen molar-refractivity contribution in [2.75, 3.05) is 37.5 Å². The second-order valence-corrected chi connectivity index (χ2v) is 8.27. The van der Waals surface area contributed by atoms with Crippen molar-refractivity contribution in [2.45, 2.75) is 19.9 Å². The minimum Gasteiger partial charge on any atom is -0.493 e. The number of hydrogen-bond acceptors (Lipinski definition) is 4. The third-order valence-electron chi connectivity index (χ3n) is 5.89. The highest BCUT2D eigenvalue weighted by molar-refractivity contribution is 6.05. The first-order valence-corrected chi connectivity index (χ1v) is 11.2. The van der Waals surface area contributed by atoms with Crippen LogP contribution < -0.4 is 19.7 Å². The monoisotopic (exact) mass is 459 g/mol. The summed E-state index contributed by atoms with van der Waals surface area (Å²) in [7, 11) is 3.11. The SMILES string of the molecule is COc1ccc(NC(=O)c2ccc(N3CCCN(Cc4ccc(C)cc4)C3=O)cc2)cc1OC. The number of benzene rings is 3. The minimum atomic E-state index is -0.246. The van der Waals surface area contributed by atoms with E-state index in [4.69, 9.17) is 9.47 Å². The second-order valence-electron chi connectivity index (χ2n) is 8.27. The summed E-state index contributed by atoms with van der Waals surface area (Å²) in [6.45, 7) is 4.02. The Morgan fingerprint density at radius 1 is 0.912 bits per heavy atom. The largest absolute Gasteiger partial charge is 0.493 e. The summed E-state index contributed by atoms with van der Waals surface area (Å²) in [5.74, 6) is 0.881. The highest BCUT2D eigenvalue weighted by Crippen LogP contribution is 2.30. The van der Waals surface area contributed by atoms with Crippen LogP contribution in [0.3, 0.4) is 0 Å². The number of carbonyl (C=O) groups is 2. The van der Waals surface area contributed by atoms with Crippen LogP contribution in [0.15, 0.2) is 66.7 Å². The molecule has 3 amide bonds. The lowest BCUT2D eigenvalue weighted by Gasteiger charge is -2.35. The second kappa shape index (κ2) is 10.3. The Kier molecular flexibility index (Phi) is 7.01. The number of rotatable bonds is 7. The number of anilines is 2. The fourth-order valence-electron chi connectivity index (χ4n) is 3.99. The number of urea groups is 1. The van der Waals surface area contributed by atoms with Crippen LogP contribution in [0.2, 0.25) is 0 Å². The molecule has 0 spiro atoms. The Balaban J connectivity index is 1.42. The molecule has 34 heavy (non-hydrogen) atoms. The van der Waals surface area contributed by atoms with Crippen LogP contribution in [0.25, 0.3) is 0 Å². The van der Waals surface area contributed by atoms with E-state index in [2.05, 4.69) is 36.5 Å². The van der Waals surface area contributed by atoms with Gasteiger partial charge in [0.1, 0.15) is 0 Å². The molecule has 0 aromatic heterocycles. The van der Waals surface area contributed by atoms with Crippen molar-refractivity contribution in [1.82, 2.24) is 4.90 Å². The van der Waals surface area contributed by atoms with E-state index < -0.39 is 0 Å². The van der Waals surface area contributed by atoms with Gasteiger partial charge in [-0.3, -0.25) is 9.69 Å². The first kappa shape index (κ1) is 23.2. The quantitative estimate of drug-likeness (QED) is 0.534. The van der Waals surface area contributed by atoms with Crippen LogP contribution in [0.5, 0.6) is 11.5 Å². The molecule has 3 aromatic carbocycles. The molecular weight excluding hydrogens is 430 g/mol. The van der Waals surface area contributed by atoms with Gasteiger partial charge in [0.05, 0.1) is 14.2 Å². The number of nitrogens with zero attached hydrogens (tertiary/aromatic N) is 2. The molecule has 176 valence electrons. The predicted octanol–water partition coefficient (Wildman–Crippen LogP) is 5.10. The normalized spacial score (nSPS) is 13.6. The number of ether oxygens (including phenoxy) is 2. The van der Waals surface area contributed by atoms with Crippen LogP contribution in [0, 0.1) is 6.92 Å². The molecule has 1 aliphatic rings. The van der Waals surface area contributed by atoms with Gasteiger partial charge < -0.3 is 19.7 Å². The first-order valence-electron chi connectivity index (χ1n) is 11.2. The van der Waals surface area contributed by atoms with Gasteiger partial charge in [-0.25, -0.2) is 4.79 Å². The molecule has 1 fully saturated rings. The molecule has 1 heterocycles. The van der Waals surface area contributed by atoms with E-state index in [1.807, 2.05) is 17.0 Å². The highest BCUT2D eigenvalue weighted by atomic mass is 16.5. The molecule has 7 nitrogen and oxygen atoms in total. The van der Waals surface area contributed by atoms with Gasteiger partial charge in [-0.15, -0.1) is 0 Å². The number of aryl methyl sites for hydroxylation is 1. The molecule has 3 aromatic rings. The van der Waals surface area contributed by atoms with Gasteiger partial charge in [0.25, 0.3) is 5.91 Å². The zero-order valence-electron chi connectivity index (χ0n) is 19.7. The first-order chi connectivity index (χ1) is 16.5. The molecule has 0 unspecified atom stereocenters. The predicted molar refractivity (Wildman–Crippen MR) is 133 cm³/mol. The number of methoxy groups -OCH3 is 2. The van der Waals surface area contributed by atoms with Gasteiger partial charge in [-0.1, -0.05) is 29.8 Å². The lowest BCUT2D eigenvalue weighted by atomic mass is 10.1. The summed E-state index contributed by atoms with van der Waals surface area (Å²) in [6, 6.07) is 20.5. The summed E-state index contributed by atoms with van der Waals surface area (Å²) >= 11 is 0. The summed E-state index contributed by atoms with van der Waals surface area (Å²) in [5, 5.41) is 2.87. The molecule has 0 aliphatic carbocycles. The number of carbonyl (C=O) groups excluding carboxylic acids is 2. The van der Waals surface area contributed by atoms with Crippen molar-refractivity contribution in [3.63, 3.8) is 0 Å². The van der Waals surface area contributed by atoms with Crippen molar-refractivity contribution < 1.29 is 19.1 Å². The highest BCUT2D eigenvalue weighted by Gasteiger charge is 2.27. The molecular formula is C27H29N3O4. The van der Waals surface area contributed by atoms with E-state index in [-0.39, 0.29) is 11.9 Å². The van der Waals surface area contributed by atoms with E-state index in [1.165, 1.54) is 5.56 Å². The Hall–Kier alpha value is -4.00. The van der Waals surface area contributed by atoms with E-state index in [1.54, 1.807) is 49.5 Å². The zero-order chi connectivity index (χ0) is 24.1. The van der Waals surface area contributed by atoms with Gasteiger partial charge in [0.2, 0.25) is 0 Å². The molecule has 0 atom stereocenters. The Bertz CT molecular complexity index is 1160. The van der Waals surface area contributed by atoms with Crippen LogP contribution in [0.1, 0.15) is 27.9 Å². The van der Waals surface area contributed by atoms with Crippen molar-refractivity contribution >= 4 is 23.3 Å². The Morgan fingerprint density at radius 3 is 2.29 bits per heavy atom. The number of amides is 3. The average molecular weight is 460 g/mol. The smallest absolute Gasteiger partial charge is 0.324 e. The standard InChI is InChI=1S/C27H29N3O4/c1-19-5-7-20(8-6-19)18-29-15-4-16-30(27(29)32)23-12-9-21(10-13-23)26(31)28-22-11-14-24(33-2)25(17-22)34-3/h5-14,17H,4,15-16,18H2,1-3H3,(H,28,31). The molecule has 0 bridgehead atoms.